The summed E-state index contributed by atoms with van der Waals surface area (Å²) in [6.45, 7) is 0.143. The van der Waals surface area contributed by atoms with Gasteiger partial charge in [0.05, 0.1) is 24.9 Å². The van der Waals surface area contributed by atoms with Gasteiger partial charge in [-0.05, 0) is 18.1 Å². The van der Waals surface area contributed by atoms with Crippen LogP contribution < -0.4 is 9.64 Å². The monoisotopic (exact) mass is 339 g/mol. The lowest BCUT2D eigenvalue weighted by Gasteiger charge is -2.22. The first-order valence-electron chi connectivity index (χ1n) is 8.02. The van der Waals surface area contributed by atoms with Crippen molar-refractivity contribution in [3.63, 3.8) is 0 Å². The second kappa shape index (κ2) is 6.08. The summed E-state index contributed by atoms with van der Waals surface area (Å²) in [6, 6.07) is 12.3. The van der Waals surface area contributed by atoms with Crippen molar-refractivity contribution in [2.24, 2.45) is 0 Å². The number of hydrogen-bond acceptors (Lipinski definition) is 5. The van der Waals surface area contributed by atoms with Gasteiger partial charge in [-0.1, -0.05) is 30.3 Å². The molecule has 7 nitrogen and oxygen atoms in total. The summed E-state index contributed by atoms with van der Waals surface area (Å²) < 4.78 is 10.4. The molecule has 1 aliphatic carbocycles. The van der Waals surface area contributed by atoms with Gasteiger partial charge in [0.25, 0.3) is 0 Å². The van der Waals surface area contributed by atoms with Crippen LogP contribution in [0.15, 0.2) is 48.7 Å². The molecule has 25 heavy (non-hydrogen) atoms. The number of pyridine rings is 1. The summed E-state index contributed by atoms with van der Waals surface area (Å²) in [6.07, 6.45) is 1.72. The summed E-state index contributed by atoms with van der Waals surface area (Å²) in [5.41, 5.74) is 1.55. The molecular formula is C18H17N3O4. The number of hydrogen-bond donors (Lipinski definition) is 0. The van der Waals surface area contributed by atoms with Gasteiger partial charge in [0.2, 0.25) is 5.88 Å². The molecule has 4 rings (SSSR count). The lowest BCUT2D eigenvalue weighted by molar-refractivity contribution is 0.107. The first-order chi connectivity index (χ1) is 12.2. The van der Waals surface area contributed by atoms with Crippen molar-refractivity contribution in [1.82, 2.24) is 9.88 Å². The molecule has 2 atom stereocenters. The van der Waals surface area contributed by atoms with E-state index >= 15 is 0 Å². The molecular weight excluding hydrogens is 322 g/mol. The Labute approximate surface area is 144 Å². The number of methoxy groups -OCH3 is 1. The van der Waals surface area contributed by atoms with Crippen molar-refractivity contribution >= 4 is 17.8 Å². The van der Waals surface area contributed by atoms with Crippen molar-refractivity contribution in [2.45, 2.75) is 25.1 Å². The maximum atomic E-state index is 12.7. The Morgan fingerprint density at radius 1 is 1.24 bits per heavy atom. The zero-order chi connectivity index (χ0) is 17.4. The molecule has 0 N–H and O–H groups in total. The Morgan fingerprint density at radius 3 is 2.80 bits per heavy atom. The molecule has 2 fully saturated rings. The first kappa shape index (κ1) is 15.4. The molecule has 2 aliphatic rings. The SMILES string of the molecule is COc1cc(N2C(=O)N(C(=O)OCc3ccccc3)[C@@H]3C[C@H]32)ccn1. The average Bonchev–Trinajstić information content (AvgIpc) is 3.35. The van der Waals surface area contributed by atoms with Gasteiger partial charge >= 0.3 is 12.1 Å². The second-order valence-corrected chi connectivity index (χ2v) is 5.99. The summed E-state index contributed by atoms with van der Waals surface area (Å²) in [5, 5.41) is 0. The van der Waals surface area contributed by atoms with Crippen molar-refractivity contribution in [3.8, 4) is 5.88 Å². The molecule has 2 heterocycles. The van der Waals surface area contributed by atoms with Gasteiger partial charge in [-0.15, -0.1) is 0 Å². The van der Waals surface area contributed by atoms with E-state index in [1.807, 2.05) is 30.3 Å². The van der Waals surface area contributed by atoms with Gasteiger partial charge in [-0.3, -0.25) is 4.90 Å². The van der Waals surface area contributed by atoms with Crippen molar-refractivity contribution in [3.05, 3.63) is 54.2 Å². The fourth-order valence-electron chi connectivity index (χ4n) is 3.09. The lowest BCUT2D eigenvalue weighted by Crippen LogP contribution is -2.41. The van der Waals surface area contributed by atoms with Gasteiger partial charge in [0.1, 0.15) is 6.61 Å². The molecule has 0 bridgehead atoms. The van der Waals surface area contributed by atoms with E-state index in [-0.39, 0.29) is 24.7 Å². The Balaban J connectivity index is 1.47. The second-order valence-electron chi connectivity index (χ2n) is 5.99. The summed E-state index contributed by atoms with van der Waals surface area (Å²) >= 11 is 0. The van der Waals surface area contributed by atoms with E-state index in [9.17, 15) is 9.59 Å². The maximum Gasteiger partial charge on any atom is 0.418 e. The third-order valence-electron chi connectivity index (χ3n) is 4.41. The highest BCUT2D eigenvalue weighted by Crippen LogP contribution is 2.44. The van der Waals surface area contributed by atoms with E-state index in [1.165, 1.54) is 12.0 Å². The Kier molecular flexibility index (Phi) is 3.76. The Bertz CT molecular complexity index is 811. The number of amides is 3. The zero-order valence-electron chi connectivity index (χ0n) is 13.7. The van der Waals surface area contributed by atoms with E-state index < -0.39 is 6.09 Å². The number of aromatic nitrogens is 1. The number of fused-ring (bicyclic) bond motifs is 1. The van der Waals surface area contributed by atoms with Crippen LogP contribution in [0.2, 0.25) is 0 Å². The zero-order valence-corrected chi connectivity index (χ0v) is 13.7. The fourth-order valence-corrected chi connectivity index (χ4v) is 3.09. The van der Waals surface area contributed by atoms with Crippen LogP contribution in [0.5, 0.6) is 5.88 Å². The van der Waals surface area contributed by atoms with Crippen molar-refractivity contribution in [2.75, 3.05) is 12.0 Å². The van der Waals surface area contributed by atoms with Crippen molar-refractivity contribution < 1.29 is 19.1 Å². The van der Waals surface area contributed by atoms with E-state index in [0.717, 1.165) is 12.0 Å². The van der Waals surface area contributed by atoms with E-state index in [0.29, 0.717) is 11.6 Å². The normalized spacial score (nSPS) is 21.1. The van der Waals surface area contributed by atoms with Gasteiger partial charge < -0.3 is 9.47 Å². The van der Waals surface area contributed by atoms with E-state index in [2.05, 4.69) is 4.98 Å². The summed E-state index contributed by atoms with van der Waals surface area (Å²) in [5.74, 6) is 0.424. The first-order valence-corrected chi connectivity index (χ1v) is 8.02. The highest BCUT2D eigenvalue weighted by molar-refractivity contribution is 6.05. The molecule has 1 saturated heterocycles. The van der Waals surface area contributed by atoms with E-state index in [4.69, 9.17) is 9.47 Å². The van der Waals surface area contributed by atoms with Gasteiger partial charge in [-0.25, -0.2) is 19.5 Å². The minimum absolute atomic E-state index is 0.0103. The molecule has 3 amide bonds. The van der Waals surface area contributed by atoms with Gasteiger partial charge in [-0.2, -0.15) is 0 Å². The predicted octanol–water partition coefficient (Wildman–Crippen LogP) is 2.81. The molecule has 128 valence electrons. The minimum atomic E-state index is -0.607. The van der Waals surface area contributed by atoms with Crippen LogP contribution in [-0.2, 0) is 11.3 Å². The molecule has 0 radical (unpaired) electrons. The number of anilines is 1. The molecule has 7 heteroatoms. The average molecular weight is 339 g/mol. The van der Waals surface area contributed by atoms with Crippen LogP contribution in [0.3, 0.4) is 0 Å². The molecule has 0 spiro atoms. The number of benzene rings is 1. The summed E-state index contributed by atoms with van der Waals surface area (Å²) in [7, 11) is 1.52. The van der Waals surface area contributed by atoms with Gasteiger partial charge in [0, 0.05) is 12.3 Å². The largest absolute Gasteiger partial charge is 0.481 e. The van der Waals surface area contributed by atoms with Crippen LogP contribution in [0.4, 0.5) is 15.3 Å². The molecule has 1 aromatic heterocycles. The third kappa shape index (κ3) is 2.77. The highest BCUT2D eigenvalue weighted by Gasteiger charge is 2.60. The molecule has 1 aliphatic heterocycles. The topological polar surface area (TPSA) is 72.0 Å². The quantitative estimate of drug-likeness (QED) is 0.856. The standard InChI is InChI=1S/C18H17N3O4/c1-24-16-9-13(7-8-19-16)20-14-10-15(14)21(17(20)22)18(23)25-11-12-5-3-2-4-6-12/h2-9,14-15H,10-11H2,1H3/t14-,15-/m1/s1. The van der Waals surface area contributed by atoms with Crippen LogP contribution in [0.1, 0.15) is 12.0 Å². The van der Waals surface area contributed by atoms with Crippen LogP contribution in [0, 0.1) is 0 Å². The van der Waals surface area contributed by atoms with Gasteiger partial charge in [0.15, 0.2) is 0 Å². The van der Waals surface area contributed by atoms with Crippen molar-refractivity contribution in [1.29, 1.82) is 0 Å². The molecule has 1 saturated carbocycles. The number of urea groups is 1. The number of imide groups is 1. The highest BCUT2D eigenvalue weighted by atomic mass is 16.6. The molecule has 1 aromatic carbocycles. The van der Waals surface area contributed by atoms with Crippen LogP contribution >= 0.6 is 0 Å². The molecule has 0 unspecified atom stereocenters. The predicted molar refractivity (Wildman–Crippen MR) is 89.3 cm³/mol. The van der Waals surface area contributed by atoms with Crippen LogP contribution in [-0.4, -0.2) is 41.2 Å². The smallest absolute Gasteiger partial charge is 0.418 e. The third-order valence-corrected chi connectivity index (χ3v) is 4.41. The van der Waals surface area contributed by atoms with Crippen LogP contribution in [0.25, 0.3) is 0 Å². The Morgan fingerprint density at radius 2 is 2.04 bits per heavy atom. The Hall–Kier alpha value is -3.09. The number of carbonyl (C=O) groups excluding carboxylic acids is 2. The summed E-state index contributed by atoms with van der Waals surface area (Å²) in [4.78, 5) is 31.9. The number of nitrogens with zero attached hydrogens (tertiary/aromatic N) is 3. The number of rotatable bonds is 4. The van der Waals surface area contributed by atoms with E-state index in [1.54, 1.807) is 23.2 Å². The minimum Gasteiger partial charge on any atom is -0.481 e. The number of ether oxygens (including phenoxy) is 2. The fraction of sp³-hybridized carbons (Fsp3) is 0.278. The lowest BCUT2D eigenvalue weighted by atomic mass is 10.2. The maximum absolute atomic E-state index is 12.7. The molecule has 2 aromatic rings. The number of carbonyl (C=O) groups is 2.